The predicted octanol–water partition coefficient (Wildman–Crippen LogP) is 6.40. The Morgan fingerprint density at radius 2 is 1.97 bits per heavy atom. The fraction of sp³-hybridized carbons (Fsp3) is 0.320. The van der Waals surface area contributed by atoms with Crippen LogP contribution in [0.25, 0.3) is 28.2 Å². The number of benzene rings is 2. The van der Waals surface area contributed by atoms with Crippen molar-refractivity contribution >= 4 is 34.6 Å². The zero-order chi connectivity index (χ0) is 22.3. The van der Waals surface area contributed by atoms with Crippen molar-refractivity contribution in [2.24, 2.45) is 0 Å². The van der Waals surface area contributed by atoms with Gasteiger partial charge in [0.15, 0.2) is 0 Å². The Labute approximate surface area is 185 Å². The average Bonchev–Trinajstić information content (AvgIpc) is 3.08. The Bertz CT molecular complexity index is 1160. The van der Waals surface area contributed by atoms with E-state index in [0.717, 1.165) is 33.2 Å². The molecule has 0 aliphatic carbocycles. The second kappa shape index (κ2) is 8.48. The van der Waals surface area contributed by atoms with Gasteiger partial charge in [-0.3, -0.25) is 4.79 Å². The van der Waals surface area contributed by atoms with Gasteiger partial charge in [-0.25, -0.2) is 4.39 Å². The van der Waals surface area contributed by atoms with Crippen molar-refractivity contribution in [3.8, 4) is 11.1 Å². The maximum Gasteiger partial charge on any atom is 0.309 e. The first-order valence-corrected chi connectivity index (χ1v) is 10.7. The molecule has 2 atom stereocenters. The molecular formula is C25H24ClFO4. The largest absolute Gasteiger partial charge is 0.458 e. The van der Waals surface area contributed by atoms with E-state index in [2.05, 4.69) is 13.8 Å². The lowest BCUT2D eigenvalue weighted by Gasteiger charge is -2.23. The average molecular weight is 443 g/mol. The number of ether oxygens (including phenoxy) is 1. The van der Waals surface area contributed by atoms with Crippen molar-refractivity contribution in [2.45, 2.75) is 51.7 Å². The molecule has 0 amide bonds. The van der Waals surface area contributed by atoms with Gasteiger partial charge in [0.05, 0.1) is 12.5 Å². The molecule has 31 heavy (non-hydrogen) atoms. The van der Waals surface area contributed by atoms with E-state index < -0.39 is 18.2 Å². The third kappa shape index (κ3) is 4.25. The lowest BCUT2D eigenvalue weighted by atomic mass is 9.93. The number of furan rings is 1. The summed E-state index contributed by atoms with van der Waals surface area (Å²) < 4.78 is 25.2. The van der Waals surface area contributed by atoms with Crippen molar-refractivity contribution < 1.29 is 23.4 Å². The molecule has 2 heterocycles. The lowest BCUT2D eigenvalue weighted by Crippen LogP contribution is -2.31. The maximum atomic E-state index is 13.6. The summed E-state index contributed by atoms with van der Waals surface area (Å²) in [5.74, 6) is -0.0139. The van der Waals surface area contributed by atoms with Gasteiger partial charge in [0.2, 0.25) is 0 Å². The summed E-state index contributed by atoms with van der Waals surface area (Å²) >= 11 is 6.56. The minimum Gasteiger partial charge on any atom is -0.458 e. The Morgan fingerprint density at radius 3 is 2.61 bits per heavy atom. The number of esters is 1. The Kier molecular flexibility index (Phi) is 5.91. The van der Waals surface area contributed by atoms with Crippen LogP contribution in [0, 0.1) is 12.7 Å². The number of carbonyl (C=O) groups excluding carboxylic acids is 1. The second-order valence-corrected chi connectivity index (χ2v) is 8.67. The fourth-order valence-corrected chi connectivity index (χ4v) is 4.22. The van der Waals surface area contributed by atoms with Crippen molar-refractivity contribution in [1.82, 2.24) is 0 Å². The number of halogens is 2. The molecule has 0 spiro atoms. The van der Waals surface area contributed by atoms with Crippen LogP contribution in [-0.2, 0) is 9.53 Å². The molecule has 1 N–H and O–H groups in total. The van der Waals surface area contributed by atoms with Crippen LogP contribution in [0.3, 0.4) is 0 Å². The van der Waals surface area contributed by atoms with Gasteiger partial charge in [0.1, 0.15) is 23.3 Å². The minimum atomic E-state index is -0.725. The summed E-state index contributed by atoms with van der Waals surface area (Å²) in [5, 5.41) is 11.4. The van der Waals surface area contributed by atoms with Gasteiger partial charge in [0.25, 0.3) is 0 Å². The molecule has 162 valence electrons. The highest BCUT2D eigenvalue weighted by Gasteiger charge is 2.26. The van der Waals surface area contributed by atoms with Gasteiger partial charge in [-0.2, -0.15) is 0 Å². The number of aliphatic hydroxyl groups is 1. The standard InChI is InChI=1S/C25H24ClFO4/c1-13(2)19-12-20(26)14(3)23-24(15-4-6-16(27)7-5-15)21(31-25(19)23)9-8-18-10-17(28)11-22(29)30-18/h4-9,12-13,17-18,28H,10-11H2,1-3H3/t17-,18?/m1/s1. The van der Waals surface area contributed by atoms with E-state index in [-0.39, 0.29) is 18.2 Å². The number of rotatable bonds is 4. The molecule has 1 aliphatic heterocycles. The van der Waals surface area contributed by atoms with Crippen LogP contribution in [0.2, 0.25) is 5.02 Å². The first-order chi connectivity index (χ1) is 14.7. The smallest absolute Gasteiger partial charge is 0.309 e. The van der Waals surface area contributed by atoms with Gasteiger partial charge in [-0.1, -0.05) is 37.6 Å². The summed E-state index contributed by atoms with van der Waals surface area (Å²) in [7, 11) is 0. The van der Waals surface area contributed by atoms with Crippen LogP contribution in [-0.4, -0.2) is 23.3 Å². The summed E-state index contributed by atoms with van der Waals surface area (Å²) in [6.07, 6.45) is 2.54. The monoisotopic (exact) mass is 442 g/mol. The van der Waals surface area contributed by atoms with Crippen LogP contribution in [0.5, 0.6) is 0 Å². The summed E-state index contributed by atoms with van der Waals surface area (Å²) in [6, 6.07) is 8.15. The number of hydrogen-bond donors (Lipinski definition) is 1. The molecule has 1 aromatic heterocycles. The van der Waals surface area contributed by atoms with E-state index in [9.17, 15) is 14.3 Å². The molecule has 1 saturated heterocycles. The molecule has 0 radical (unpaired) electrons. The summed E-state index contributed by atoms with van der Waals surface area (Å²) in [4.78, 5) is 11.7. The van der Waals surface area contributed by atoms with Crippen LogP contribution in [0.1, 0.15) is 49.5 Å². The zero-order valence-electron chi connectivity index (χ0n) is 17.6. The van der Waals surface area contributed by atoms with Crippen LogP contribution < -0.4 is 0 Å². The van der Waals surface area contributed by atoms with E-state index in [1.54, 1.807) is 24.3 Å². The topological polar surface area (TPSA) is 59.7 Å². The second-order valence-electron chi connectivity index (χ2n) is 8.26. The quantitative estimate of drug-likeness (QED) is 0.474. The van der Waals surface area contributed by atoms with Gasteiger partial charge in [0, 0.05) is 22.4 Å². The molecule has 4 nitrogen and oxygen atoms in total. The third-order valence-corrected chi connectivity index (χ3v) is 6.01. The third-order valence-electron chi connectivity index (χ3n) is 5.62. The van der Waals surface area contributed by atoms with Crippen molar-refractivity contribution in [3.05, 3.63) is 64.1 Å². The van der Waals surface area contributed by atoms with Gasteiger partial charge in [-0.05, 0) is 59.9 Å². The zero-order valence-corrected chi connectivity index (χ0v) is 18.4. The number of hydrogen-bond acceptors (Lipinski definition) is 4. The lowest BCUT2D eigenvalue weighted by molar-refractivity contribution is -0.156. The Morgan fingerprint density at radius 1 is 1.26 bits per heavy atom. The first kappa shape index (κ1) is 21.6. The molecule has 2 aromatic carbocycles. The highest BCUT2D eigenvalue weighted by atomic mass is 35.5. The van der Waals surface area contributed by atoms with E-state index in [4.69, 9.17) is 20.8 Å². The molecule has 4 rings (SSSR count). The van der Waals surface area contributed by atoms with Crippen molar-refractivity contribution in [2.75, 3.05) is 0 Å². The maximum absolute atomic E-state index is 13.6. The van der Waals surface area contributed by atoms with E-state index >= 15 is 0 Å². The molecule has 0 bridgehead atoms. The Balaban J connectivity index is 1.91. The predicted molar refractivity (Wildman–Crippen MR) is 120 cm³/mol. The van der Waals surface area contributed by atoms with Crippen LogP contribution >= 0.6 is 11.6 Å². The number of aryl methyl sites for hydroxylation is 1. The number of fused-ring (bicyclic) bond motifs is 1. The van der Waals surface area contributed by atoms with Gasteiger partial charge < -0.3 is 14.3 Å². The molecule has 1 fully saturated rings. The van der Waals surface area contributed by atoms with E-state index in [1.807, 2.05) is 13.0 Å². The van der Waals surface area contributed by atoms with Gasteiger partial charge >= 0.3 is 5.97 Å². The molecular weight excluding hydrogens is 419 g/mol. The van der Waals surface area contributed by atoms with E-state index in [0.29, 0.717) is 17.2 Å². The summed E-state index contributed by atoms with van der Waals surface area (Å²) in [5.41, 5.74) is 4.18. The van der Waals surface area contributed by atoms with Crippen molar-refractivity contribution in [3.63, 3.8) is 0 Å². The number of carbonyl (C=O) groups is 1. The minimum absolute atomic E-state index is 0.00521. The fourth-order valence-electron chi connectivity index (χ4n) is 4.01. The van der Waals surface area contributed by atoms with Gasteiger partial charge in [-0.15, -0.1) is 0 Å². The van der Waals surface area contributed by atoms with Crippen LogP contribution in [0.15, 0.2) is 40.8 Å². The number of aliphatic hydroxyl groups excluding tert-OH is 1. The normalized spacial score (nSPS) is 19.5. The first-order valence-electron chi connectivity index (χ1n) is 10.3. The molecule has 1 aliphatic rings. The summed E-state index contributed by atoms with van der Waals surface area (Å²) in [6.45, 7) is 6.07. The van der Waals surface area contributed by atoms with Crippen LogP contribution in [0.4, 0.5) is 4.39 Å². The van der Waals surface area contributed by atoms with Crippen molar-refractivity contribution in [1.29, 1.82) is 0 Å². The highest BCUT2D eigenvalue weighted by Crippen LogP contribution is 2.43. The van der Waals surface area contributed by atoms with E-state index in [1.165, 1.54) is 12.1 Å². The highest BCUT2D eigenvalue weighted by molar-refractivity contribution is 6.32. The Hall–Kier alpha value is -2.63. The molecule has 3 aromatic rings. The molecule has 6 heteroatoms. The molecule has 0 saturated carbocycles. The number of cyclic esters (lactones) is 1. The molecule has 1 unspecified atom stereocenters. The SMILES string of the molecule is Cc1c(Cl)cc(C(C)C)c2oc(C=CC3C[C@@H](O)CC(=O)O3)c(-c3ccc(F)cc3)c12.